The molecule has 0 unspecified atom stereocenters. The average molecular weight is 225 g/mol. The van der Waals surface area contributed by atoms with Crippen molar-refractivity contribution in [1.29, 1.82) is 0 Å². The predicted octanol–water partition coefficient (Wildman–Crippen LogP) is 3.35. The molecule has 0 N–H and O–H groups in total. The minimum Gasteiger partial charge on any atom is -0.444 e. The zero-order valence-electron chi connectivity index (χ0n) is 10.9. The minimum absolute atomic E-state index is 0.218. The van der Waals surface area contributed by atoms with Gasteiger partial charge in [0.1, 0.15) is 5.60 Å². The van der Waals surface area contributed by atoms with Crippen molar-refractivity contribution in [3.8, 4) is 0 Å². The predicted molar refractivity (Wildman–Crippen MR) is 65.4 cm³/mol. The summed E-state index contributed by atoms with van der Waals surface area (Å²) in [6.45, 7) is 9.65. The Bertz CT molecular complexity index is 268. The highest BCUT2D eigenvalue weighted by Gasteiger charge is 2.26. The summed E-state index contributed by atoms with van der Waals surface area (Å²) in [6.07, 6.45) is 3.85. The summed E-state index contributed by atoms with van der Waals surface area (Å²) in [5, 5.41) is 0. The second kappa shape index (κ2) is 4.89. The third-order valence-electron chi connectivity index (χ3n) is 2.89. The second-order valence-electron chi connectivity index (χ2n) is 5.57. The van der Waals surface area contributed by atoms with Gasteiger partial charge in [0.05, 0.1) is 0 Å². The van der Waals surface area contributed by atoms with E-state index in [2.05, 4.69) is 6.58 Å². The first-order chi connectivity index (χ1) is 7.29. The minimum atomic E-state index is -0.413. The highest BCUT2D eigenvalue weighted by atomic mass is 16.6. The van der Waals surface area contributed by atoms with Gasteiger partial charge in [-0.25, -0.2) is 4.79 Å². The summed E-state index contributed by atoms with van der Waals surface area (Å²) in [5.74, 6) is 0. The molecule has 1 aliphatic carbocycles. The highest BCUT2D eigenvalue weighted by Crippen LogP contribution is 2.25. The standard InChI is InChI=1S/C13H23NO2/c1-10-6-8-11(9-7-10)14(5)12(15)16-13(2,3)4/h11H,1,6-9H2,2-5H3. The first kappa shape index (κ1) is 13.1. The molecule has 1 fully saturated rings. The summed E-state index contributed by atoms with van der Waals surface area (Å²) >= 11 is 0. The van der Waals surface area contributed by atoms with Gasteiger partial charge in [-0.1, -0.05) is 12.2 Å². The van der Waals surface area contributed by atoms with Crippen molar-refractivity contribution in [2.45, 2.75) is 58.1 Å². The molecule has 0 saturated heterocycles. The second-order valence-corrected chi connectivity index (χ2v) is 5.57. The van der Waals surface area contributed by atoms with Crippen molar-refractivity contribution >= 4 is 6.09 Å². The number of carbonyl (C=O) groups excluding carboxylic acids is 1. The molecule has 1 aliphatic rings. The molecule has 0 bridgehead atoms. The molecule has 92 valence electrons. The van der Waals surface area contributed by atoms with Gasteiger partial charge in [-0.15, -0.1) is 0 Å². The van der Waals surface area contributed by atoms with Crippen LogP contribution in [0.5, 0.6) is 0 Å². The Balaban J connectivity index is 2.47. The Morgan fingerprint density at radius 2 is 1.88 bits per heavy atom. The van der Waals surface area contributed by atoms with Crippen LogP contribution < -0.4 is 0 Å². The SMILES string of the molecule is C=C1CCC(N(C)C(=O)OC(C)(C)C)CC1. The van der Waals surface area contributed by atoms with Gasteiger partial charge >= 0.3 is 6.09 Å². The van der Waals surface area contributed by atoms with Gasteiger partial charge in [-0.3, -0.25) is 0 Å². The first-order valence-electron chi connectivity index (χ1n) is 5.92. The summed E-state index contributed by atoms with van der Waals surface area (Å²) in [4.78, 5) is 13.6. The number of hydrogen-bond donors (Lipinski definition) is 0. The zero-order chi connectivity index (χ0) is 12.3. The van der Waals surface area contributed by atoms with Crippen LogP contribution in [0.4, 0.5) is 4.79 Å². The maximum atomic E-state index is 11.8. The number of rotatable bonds is 1. The van der Waals surface area contributed by atoms with E-state index in [9.17, 15) is 4.79 Å². The molecule has 16 heavy (non-hydrogen) atoms. The van der Waals surface area contributed by atoms with E-state index in [0.717, 1.165) is 25.7 Å². The summed E-state index contributed by atoms with van der Waals surface area (Å²) < 4.78 is 5.34. The molecular formula is C13H23NO2. The van der Waals surface area contributed by atoms with E-state index in [1.165, 1.54) is 5.57 Å². The molecule has 0 aliphatic heterocycles. The van der Waals surface area contributed by atoms with Gasteiger partial charge < -0.3 is 9.64 Å². The van der Waals surface area contributed by atoms with E-state index in [1.54, 1.807) is 4.90 Å². The largest absolute Gasteiger partial charge is 0.444 e. The number of amides is 1. The highest BCUT2D eigenvalue weighted by molar-refractivity contribution is 5.68. The third-order valence-corrected chi connectivity index (χ3v) is 2.89. The normalized spacial score (nSPS) is 18.4. The van der Waals surface area contributed by atoms with Crippen LogP contribution in [-0.4, -0.2) is 29.7 Å². The van der Waals surface area contributed by atoms with Crippen molar-refractivity contribution in [3.05, 3.63) is 12.2 Å². The van der Waals surface area contributed by atoms with Crippen LogP contribution in [0.1, 0.15) is 46.5 Å². The monoisotopic (exact) mass is 225 g/mol. The van der Waals surface area contributed by atoms with Gasteiger partial charge in [0.15, 0.2) is 0 Å². The molecule has 0 aromatic rings. The van der Waals surface area contributed by atoms with Gasteiger partial charge in [-0.05, 0) is 46.5 Å². The van der Waals surface area contributed by atoms with Crippen molar-refractivity contribution in [2.24, 2.45) is 0 Å². The molecule has 3 heteroatoms. The van der Waals surface area contributed by atoms with Crippen LogP contribution in [-0.2, 0) is 4.74 Å². The molecule has 0 spiro atoms. The van der Waals surface area contributed by atoms with Crippen molar-refractivity contribution in [3.63, 3.8) is 0 Å². The van der Waals surface area contributed by atoms with E-state index in [0.29, 0.717) is 6.04 Å². The van der Waals surface area contributed by atoms with Crippen LogP contribution in [0.2, 0.25) is 0 Å². The molecule has 1 amide bonds. The topological polar surface area (TPSA) is 29.5 Å². The molecule has 1 saturated carbocycles. The van der Waals surface area contributed by atoms with Gasteiger partial charge in [0.25, 0.3) is 0 Å². The summed E-state index contributed by atoms with van der Waals surface area (Å²) in [6, 6.07) is 0.306. The quantitative estimate of drug-likeness (QED) is 0.640. The molecule has 1 rings (SSSR count). The van der Waals surface area contributed by atoms with Crippen LogP contribution in [0.3, 0.4) is 0 Å². The fraction of sp³-hybridized carbons (Fsp3) is 0.769. The number of nitrogens with zero attached hydrogens (tertiary/aromatic N) is 1. The lowest BCUT2D eigenvalue weighted by Gasteiger charge is -2.33. The van der Waals surface area contributed by atoms with Crippen LogP contribution in [0, 0.1) is 0 Å². The molecule has 0 atom stereocenters. The zero-order valence-corrected chi connectivity index (χ0v) is 10.9. The molecule has 0 heterocycles. The summed E-state index contributed by atoms with van der Waals surface area (Å²) in [7, 11) is 1.83. The lowest BCUT2D eigenvalue weighted by molar-refractivity contribution is 0.0198. The number of carbonyl (C=O) groups is 1. The smallest absolute Gasteiger partial charge is 0.410 e. The van der Waals surface area contributed by atoms with Gasteiger partial charge in [0.2, 0.25) is 0 Å². The van der Waals surface area contributed by atoms with Crippen LogP contribution in [0.25, 0.3) is 0 Å². The molecular weight excluding hydrogens is 202 g/mol. The Morgan fingerprint density at radius 1 is 1.38 bits per heavy atom. The molecule has 0 radical (unpaired) electrons. The van der Waals surface area contributed by atoms with Crippen LogP contribution in [0.15, 0.2) is 12.2 Å². The lowest BCUT2D eigenvalue weighted by Crippen LogP contribution is -2.41. The van der Waals surface area contributed by atoms with Crippen LogP contribution >= 0.6 is 0 Å². The lowest BCUT2D eigenvalue weighted by atomic mass is 9.91. The average Bonchev–Trinajstić information content (AvgIpc) is 2.15. The van der Waals surface area contributed by atoms with Gasteiger partial charge in [0, 0.05) is 13.1 Å². The maximum absolute atomic E-state index is 11.8. The Hall–Kier alpha value is -0.990. The van der Waals surface area contributed by atoms with Gasteiger partial charge in [-0.2, -0.15) is 0 Å². The molecule has 0 aromatic carbocycles. The Labute approximate surface area is 98.5 Å². The Morgan fingerprint density at radius 3 is 2.31 bits per heavy atom. The van der Waals surface area contributed by atoms with E-state index in [4.69, 9.17) is 4.74 Å². The van der Waals surface area contributed by atoms with Crippen molar-refractivity contribution in [1.82, 2.24) is 4.90 Å². The maximum Gasteiger partial charge on any atom is 0.410 e. The Kier molecular flexibility index (Phi) is 4.00. The van der Waals surface area contributed by atoms with E-state index in [1.807, 2.05) is 27.8 Å². The fourth-order valence-corrected chi connectivity index (χ4v) is 1.88. The van der Waals surface area contributed by atoms with Crippen molar-refractivity contribution in [2.75, 3.05) is 7.05 Å². The van der Waals surface area contributed by atoms with E-state index >= 15 is 0 Å². The van der Waals surface area contributed by atoms with E-state index < -0.39 is 5.60 Å². The number of hydrogen-bond acceptors (Lipinski definition) is 2. The van der Waals surface area contributed by atoms with Crippen molar-refractivity contribution < 1.29 is 9.53 Å². The first-order valence-corrected chi connectivity index (χ1v) is 5.92. The molecule has 0 aromatic heterocycles. The van der Waals surface area contributed by atoms with E-state index in [-0.39, 0.29) is 6.09 Å². The number of ether oxygens (including phenoxy) is 1. The molecule has 3 nitrogen and oxygen atoms in total. The third kappa shape index (κ3) is 3.87. The summed E-state index contributed by atoms with van der Waals surface area (Å²) in [5.41, 5.74) is 0.887. The fourth-order valence-electron chi connectivity index (χ4n) is 1.88. The number of allylic oxidation sites excluding steroid dienone is 1.